The van der Waals surface area contributed by atoms with Crippen LogP contribution in [0.25, 0.3) is 5.57 Å². The van der Waals surface area contributed by atoms with Gasteiger partial charge in [-0.05, 0) is 24.3 Å². The van der Waals surface area contributed by atoms with Crippen molar-refractivity contribution in [2.75, 3.05) is 48.8 Å². The van der Waals surface area contributed by atoms with Gasteiger partial charge in [0.1, 0.15) is 17.1 Å². The monoisotopic (exact) mass is 644 g/mol. The lowest BCUT2D eigenvalue weighted by Crippen LogP contribution is -2.70. The van der Waals surface area contributed by atoms with E-state index in [0.29, 0.717) is 11.1 Å². The standard InChI is InChI=1S/C21H26N9O7PS3/c1-8-14(22)28-21(30(25)15(8)23)41-6-9-5-39-18-12(17(32)29(18)13(9)19(33)34)27-16(31)10(4-38(35,36-2)37-3)11-7-40-20(24)26-11/h4,7,12,18H,5-6,25H2,1-3H3,(H7,22,23,24,26,27,31,33,34)/p+1/b10-4-/t12-,18-/m1/s1. The van der Waals surface area contributed by atoms with Crippen LogP contribution in [0.2, 0.25) is 0 Å². The van der Waals surface area contributed by atoms with Crippen molar-refractivity contribution >= 4 is 82.6 Å². The van der Waals surface area contributed by atoms with E-state index in [9.17, 15) is 24.1 Å². The number of β-lactam (4-membered cyclic amide) rings is 1. The number of thioether (sulfide) groups is 2. The Labute approximate surface area is 246 Å². The number of fused-ring (bicyclic) bond motifs is 1. The van der Waals surface area contributed by atoms with Crippen molar-refractivity contribution in [3.8, 4) is 0 Å². The fourth-order valence-electron chi connectivity index (χ4n) is 3.91. The molecule has 0 aliphatic carbocycles. The summed E-state index contributed by atoms with van der Waals surface area (Å²) >= 11 is 3.44. The minimum atomic E-state index is -3.82. The summed E-state index contributed by atoms with van der Waals surface area (Å²) in [6, 6.07) is -1.07. The van der Waals surface area contributed by atoms with Crippen LogP contribution in [-0.2, 0) is 28.0 Å². The van der Waals surface area contributed by atoms with Crippen LogP contribution in [0.15, 0.2) is 27.6 Å². The Morgan fingerprint density at radius 3 is 2.59 bits per heavy atom. The number of carbonyl (C=O) groups is 3. The summed E-state index contributed by atoms with van der Waals surface area (Å²) in [5.74, 6) is 5.03. The van der Waals surface area contributed by atoms with Gasteiger partial charge in [0, 0.05) is 36.9 Å². The lowest BCUT2D eigenvalue weighted by Gasteiger charge is -2.49. The molecule has 2 aromatic heterocycles. The van der Waals surface area contributed by atoms with E-state index in [4.69, 9.17) is 32.1 Å². The highest BCUT2D eigenvalue weighted by Crippen LogP contribution is 2.50. The number of aromatic nitrogens is 3. The Morgan fingerprint density at radius 1 is 1.32 bits per heavy atom. The van der Waals surface area contributed by atoms with Crippen LogP contribution < -0.4 is 33.0 Å². The molecule has 2 aromatic rings. The molecule has 41 heavy (non-hydrogen) atoms. The second-order valence-electron chi connectivity index (χ2n) is 8.59. The van der Waals surface area contributed by atoms with Crippen molar-refractivity contribution in [2.24, 2.45) is 0 Å². The predicted octanol–water partition coefficient (Wildman–Crippen LogP) is -0.0479. The van der Waals surface area contributed by atoms with Crippen molar-refractivity contribution in [1.82, 2.24) is 20.2 Å². The van der Waals surface area contributed by atoms with Crippen molar-refractivity contribution < 1.29 is 37.8 Å². The third-order valence-corrected chi connectivity index (χ3v) is 10.8. The second-order valence-corrected chi connectivity index (χ2v) is 13.6. The molecule has 16 nitrogen and oxygen atoms in total. The number of aliphatic carboxylic acids is 1. The lowest BCUT2D eigenvalue weighted by molar-refractivity contribution is -0.667. The molecule has 20 heteroatoms. The van der Waals surface area contributed by atoms with E-state index in [-0.39, 0.29) is 50.4 Å². The molecule has 2 aliphatic rings. The number of hydrogen-bond donors (Lipinski definition) is 6. The van der Waals surface area contributed by atoms with Crippen LogP contribution in [0.5, 0.6) is 0 Å². The number of nitrogens with two attached hydrogens (primary N) is 4. The van der Waals surface area contributed by atoms with Crippen LogP contribution in [0.4, 0.5) is 16.8 Å². The largest absolute Gasteiger partial charge is 0.477 e. The summed E-state index contributed by atoms with van der Waals surface area (Å²) in [7, 11) is -1.52. The Morgan fingerprint density at radius 2 is 2.00 bits per heavy atom. The van der Waals surface area contributed by atoms with E-state index in [1.54, 1.807) is 6.92 Å². The maximum Gasteiger partial charge on any atom is 0.354 e. The summed E-state index contributed by atoms with van der Waals surface area (Å²) in [6.45, 7) is 1.67. The molecule has 0 bridgehead atoms. The number of thiazole rings is 1. The minimum absolute atomic E-state index is 0.104. The fourth-order valence-corrected chi connectivity index (χ4v) is 7.82. The molecule has 4 rings (SSSR count). The molecule has 1 saturated heterocycles. The van der Waals surface area contributed by atoms with E-state index >= 15 is 0 Å². The highest BCUT2D eigenvalue weighted by Gasteiger charge is 2.54. The molecular formula is C21H27N9O7PS3+. The zero-order valence-electron chi connectivity index (χ0n) is 21.9. The predicted molar refractivity (Wildman–Crippen MR) is 155 cm³/mol. The zero-order valence-corrected chi connectivity index (χ0v) is 25.2. The molecule has 1 fully saturated rings. The van der Waals surface area contributed by atoms with Gasteiger partial charge in [0.15, 0.2) is 5.13 Å². The molecule has 0 aromatic carbocycles. The summed E-state index contributed by atoms with van der Waals surface area (Å²) < 4.78 is 23.8. The number of carbonyl (C=O) groups excluding carboxylic acids is 2. The normalized spacial score (nSPS) is 19.1. The fraction of sp³-hybridized carbons (Fsp3) is 0.333. The van der Waals surface area contributed by atoms with Gasteiger partial charge in [0.2, 0.25) is 11.6 Å². The lowest BCUT2D eigenvalue weighted by atomic mass is 10.0. The number of carboxylic acid groups (broad SMARTS) is 1. The Hall–Kier alpha value is -3.35. The van der Waals surface area contributed by atoms with E-state index in [1.165, 1.54) is 17.1 Å². The first-order valence-corrected chi connectivity index (χ1v) is 16.1. The average Bonchev–Trinajstić information content (AvgIpc) is 3.39. The van der Waals surface area contributed by atoms with Gasteiger partial charge in [0.25, 0.3) is 11.8 Å². The maximum absolute atomic E-state index is 13.3. The number of rotatable bonds is 10. The van der Waals surface area contributed by atoms with E-state index in [0.717, 1.165) is 52.7 Å². The number of amides is 2. The van der Waals surface area contributed by atoms with Crippen molar-refractivity contribution in [1.29, 1.82) is 0 Å². The van der Waals surface area contributed by atoms with E-state index in [1.807, 2.05) is 0 Å². The molecule has 220 valence electrons. The smallest absolute Gasteiger partial charge is 0.354 e. The third kappa shape index (κ3) is 5.86. The number of nitrogens with one attached hydrogen (secondary N) is 1. The molecule has 2 aliphatic heterocycles. The van der Waals surface area contributed by atoms with Gasteiger partial charge in [-0.15, -0.1) is 27.8 Å². The van der Waals surface area contributed by atoms with Crippen molar-refractivity contribution in [3.05, 3.63) is 33.7 Å². The third-order valence-electron chi connectivity index (χ3n) is 6.20. The van der Waals surface area contributed by atoms with Crippen LogP contribution in [0, 0.1) is 6.92 Å². The molecule has 10 N–H and O–H groups in total. The first-order chi connectivity index (χ1) is 19.3. The molecule has 0 spiro atoms. The first kappa shape index (κ1) is 30.6. The summed E-state index contributed by atoms with van der Waals surface area (Å²) in [6.07, 6.45) is 0. The van der Waals surface area contributed by atoms with Crippen LogP contribution in [0.3, 0.4) is 0 Å². The summed E-state index contributed by atoms with van der Waals surface area (Å²) in [4.78, 5) is 48.1. The first-order valence-electron chi connectivity index (χ1n) is 11.5. The number of hydrogen-bond acceptors (Lipinski definition) is 15. The molecular weight excluding hydrogens is 617 g/mol. The SMILES string of the molecule is COP(=O)(/C=C(\C(=O)N[C@@H]1C(=O)N2C(C(=O)O)=C(CSc3nc(N)c(C)c(N)[n+]3N)CS[C@H]12)c1csc(N)n1)OC. The van der Waals surface area contributed by atoms with Crippen molar-refractivity contribution in [3.63, 3.8) is 0 Å². The summed E-state index contributed by atoms with van der Waals surface area (Å²) in [5, 5.41) is 13.8. The Balaban J connectivity index is 1.56. The number of anilines is 3. The highest BCUT2D eigenvalue weighted by atomic mass is 32.2. The van der Waals surface area contributed by atoms with Gasteiger partial charge >= 0.3 is 18.7 Å². The Kier molecular flexibility index (Phi) is 8.86. The minimum Gasteiger partial charge on any atom is -0.477 e. The number of carboxylic acids is 1. The number of nitrogens with zero attached hydrogens (tertiary/aromatic N) is 4. The van der Waals surface area contributed by atoms with Gasteiger partial charge < -0.3 is 36.7 Å². The summed E-state index contributed by atoms with van der Waals surface area (Å²) in [5.41, 5.74) is 18.3. The van der Waals surface area contributed by atoms with Crippen LogP contribution >= 0.6 is 42.5 Å². The second kappa shape index (κ2) is 11.9. The molecule has 0 radical (unpaired) electrons. The van der Waals surface area contributed by atoms with Gasteiger partial charge in [0.05, 0.1) is 16.8 Å². The molecule has 0 unspecified atom stereocenters. The zero-order chi connectivity index (χ0) is 30.2. The topological polar surface area (TPSA) is 256 Å². The maximum atomic E-state index is 13.3. The van der Waals surface area contributed by atoms with Gasteiger partial charge in [-0.2, -0.15) is 0 Å². The molecule has 0 saturated carbocycles. The van der Waals surface area contributed by atoms with E-state index < -0.39 is 36.8 Å². The highest BCUT2D eigenvalue weighted by molar-refractivity contribution is 8.01. The van der Waals surface area contributed by atoms with Crippen molar-refractivity contribution in [2.45, 2.75) is 23.5 Å². The van der Waals surface area contributed by atoms with Crippen LogP contribution in [-0.4, -0.2) is 74.9 Å². The molecule has 2 amide bonds. The number of nitrogen functional groups attached to an aromatic ring is 4. The molecule has 4 heterocycles. The van der Waals surface area contributed by atoms with Gasteiger partial charge in [-0.3, -0.25) is 24.9 Å². The van der Waals surface area contributed by atoms with Gasteiger partial charge in [-0.1, -0.05) is 4.98 Å². The van der Waals surface area contributed by atoms with Gasteiger partial charge in [-0.25, -0.2) is 9.78 Å². The average molecular weight is 645 g/mol. The quantitative estimate of drug-likeness (QED) is 0.0377. The Bertz CT molecular complexity index is 1540. The molecule has 2 atom stereocenters. The van der Waals surface area contributed by atoms with E-state index in [2.05, 4.69) is 15.3 Å². The van der Waals surface area contributed by atoms with Crippen LogP contribution in [0.1, 0.15) is 11.3 Å².